The highest BCUT2D eigenvalue weighted by atomic mass is 35.5. The molecule has 1 fully saturated rings. The summed E-state index contributed by atoms with van der Waals surface area (Å²) in [6.45, 7) is 1.97. The van der Waals surface area contributed by atoms with Crippen molar-refractivity contribution in [1.29, 1.82) is 0 Å². The van der Waals surface area contributed by atoms with Gasteiger partial charge in [-0.3, -0.25) is 4.79 Å². The first-order chi connectivity index (χ1) is 12.5. The summed E-state index contributed by atoms with van der Waals surface area (Å²) in [5, 5.41) is 6.52. The second-order valence-electron chi connectivity index (χ2n) is 6.73. The predicted molar refractivity (Wildman–Crippen MR) is 107 cm³/mol. The number of hydrogen-bond donors (Lipinski definition) is 1. The van der Waals surface area contributed by atoms with E-state index < -0.39 is 0 Å². The third-order valence-corrected chi connectivity index (χ3v) is 6.18. The molecule has 4 nitrogen and oxygen atoms in total. The molecule has 26 heavy (non-hydrogen) atoms. The van der Waals surface area contributed by atoms with Crippen LogP contribution in [-0.4, -0.2) is 20.7 Å². The Kier molecular flexibility index (Phi) is 4.67. The quantitative estimate of drug-likeness (QED) is 0.674. The van der Waals surface area contributed by atoms with Gasteiger partial charge in [-0.2, -0.15) is 0 Å². The second-order valence-corrected chi connectivity index (χ2v) is 8.49. The lowest BCUT2D eigenvalue weighted by molar-refractivity contribution is 0.0932. The molecule has 3 aromatic rings. The number of nitrogens with one attached hydrogen (secondary N) is 1. The van der Waals surface area contributed by atoms with Crippen LogP contribution in [0.3, 0.4) is 0 Å². The molecule has 0 saturated heterocycles. The molecule has 1 aliphatic carbocycles. The van der Waals surface area contributed by atoms with Gasteiger partial charge in [0.15, 0.2) is 0 Å². The number of halogens is 1. The molecule has 0 radical (unpaired) electrons. The van der Waals surface area contributed by atoms with E-state index in [0.29, 0.717) is 10.7 Å². The summed E-state index contributed by atoms with van der Waals surface area (Å²) in [6.07, 6.45) is 4.44. The summed E-state index contributed by atoms with van der Waals surface area (Å²) < 4.78 is 1.87. The van der Waals surface area contributed by atoms with Crippen molar-refractivity contribution >= 4 is 40.2 Å². The van der Waals surface area contributed by atoms with Crippen molar-refractivity contribution < 1.29 is 4.79 Å². The van der Waals surface area contributed by atoms with E-state index in [0.717, 1.165) is 26.7 Å². The fourth-order valence-corrected chi connectivity index (χ4v) is 4.09. The topological polar surface area (TPSA) is 46.9 Å². The van der Waals surface area contributed by atoms with Crippen molar-refractivity contribution in [3.8, 4) is 0 Å². The van der Waals surface area contributed by atoms with Gasteiger partial charge < -0.3 is 9.88 Å². The Hall–Kier alpha value is -1.98. The van der Waals surface area contributed by atoms with Crippen LogP contribution < -0.4 is 5.32 Å². The molecule has 1 unspecified atom stereocenters. The van der Waals surface area contributed by atoms with E-state index in [9.17, 15) is 4.79 Å². The lowest BCUT2D eigenvalue weighted by Crippen LogP contribution is -2.28. The molecule has 1 saturated carbocycles. The van der Waals surface area contributed by atoms with Crippen LogP contribution in [0.15, 0.2) is 47.6 Å². The maximum atomic E-state index is 12.7. The number of carbonyl (C=O) groups is 1. The van der Waals surface area contributed by atoms with Gasteiger partial charge in [0.25, 0.3) is 5.91 Å². The molecule has 6 heteroatoms. The van der Waals surface area contributed by atoms with Crippen LogP contribution in [0, 0.1) is 0 Å². The molecule has 2 aromatic heterocycles. The third-order valence-electron chi connectivity index (χ3n) is 4.66. The van der Waals surface area contributed by atoms with E-state index in [1.165, 1.54) is 12.8 Å². The van der Waals surface area contributed by atoms with Crippen LogP contribution in [0.4, 0.5) is 0 Å². The van der Waals surface area contributed by atoms with Crippen LogP contribution in [0.25, 0.3) is 10.9 Å². The summed E-state index contributed by atoms with van der Waals surface area (Å²) in [4.78, 5) is 17.2. The molecule has 0 bridgehead atoms. The zero-order valence-corrected chi connectivity index (χ0v) is 16.3. The minimum Gasteiger partial charge on any atom is -0.344 e. The highest BCUT2D eigenvalue weighted by Crippen LogP contribution is 2.38. The molecule has 0 aliphatic heterocycles. The largest absolute Gasteiger partial charge is 0.344 e. The maximum Gasteiger partial charge on any atom is 0.268 e. The van der Waals surface area contributed by atoms with E-state index in [-0.39, 0.29) is 11.9 Å². The molecule has 1 aliphatic rings. The van der Waals surface area contributed by atoms with Crippen molar-refractivity contribution in [3.05, 3.63) is 58.9 Å². The van der Waals surface area contributed by atoms with Gasteiger partial charge in [0.2, 0.25) is 0 Å². The van der Waals surface area contributed by atoms with E-state index in [2.05, 4.69) is 10.3 Å². The Labute approximate surface area is 161 Å². The van der Waals surface area contributed by atoms with Crippen molar-refractivity contribution in [2.24, 2.45) is 7.05 Å². The number of carbonyl (C=O) groups excluding carboxylic acids is 1. The second kappa shape index (κ2) is 6.97. The summed E-state index contributed by atoms with van der Waals surface area (Å²) in [5.41, 5.74) is 2.56. The number of amides is 1. The summed E-state index contributed by atoms with van der Waals surface area (Å²) >= 11 is 7.90. The normalized spacial score (nSPS) is 15.2. The highest BCUT2D eigenvalue weighted by molar-refractivity contribution is 8.00. The van der Waals surface area contributed by atoms with Gasteiger partial charge in [0, 0.05) is 34.4 Å². The zero-order valence-electron chi connectivity index (χ0n) is 14.7. The fourth-order valence-electron chi connectivity index (χ4n) is 2.95. The Morgan fingerprint density at radius 3 is 2.81 bits per heavy atom. The van der Waals surface area contributed by atoms with Crippen LogP contribution in [0.5, 0.6) is 0 Å². The molecule has 1 amide bonds. The number of rotatable bonds is 5. The molecule has 1 N–H and O–H groups in total. The highest BCUT2D eigenvalue weighted by Gasteiger charge is 2.23. The van der Waals surface area contributed by atoms with Crippen molar-refractivity contribution in [2.45, 2.75) is 36.1 Å². The SMILES string of the molecule is CC(NC(=O)c1cc2ccc(Cl)cc2n1C)c1ccc(SC2CC2)nc1. The summed E-state index contributed by atoms with van der Waals surface area (Å²) in [6, 6.07) is 11.5. The molecule has 2 heterocycles. The lowest BCUT2D eigenvalue weighted by Gasteiger charge is -2.15. The molecule has 0 spiro atoms. The first-order valence-corrected chi connectivity index (χ1v) is 9.95. The number of nitrogens with zero attached hydrogens (tertiary/aromatic N) is 2. The Morgan fingerprint density at radius 2 is 2.12 bits per heavy atom. The average molecular weight is 386 g/mol. The minimum absolute atomic E-state index is 0.108. The summed E-state index contributed by atoms with van der Waals surface area (Å²) in [7, 11) is 1.88. The van der Waals surface area contributed by atoms with Crippen LogP contribution in [0.1, 0.15) is 41.9 Å². The Morgan fingerprint density at radius 1 is 1.31 bits per heavy atom. The number of thioether (sulfide) groups is 1. The van der Waals surface area contributed by atoms with Gasteiger partial charge in [-0.15, -0.1) is 11.8 Å². The Bertz CT molecular complexity index is 963. The van der Waals surface area contributed by atoms with Gasteiger partial charge in [0.05, 0.1) is 11.1 Å². The minimum atomic E-state index is -0.114. The number of fused-ring (bicyclic) bond motifs is 1. The molecule has 134 valence electrons. The van der Waals surface area contributed by atoms with E-state index in [1.54, 1.807) is 0 Å². The van der Waals surface area contributed by atoms with Crippen LogP contribution >= 0.6 is 23.4 Å². The smallest absolute Gasteiger partial charge is 0.268 e. The summed E-state index contributed by atoms with van der Waals surface area (Å²) in [5.74, 6) is -0.108. The van der Waals surface area contributed by atoms with Gasteiger partial charge in [-0.25, -0.2) is 4.98 Å². The van der Waals surface area contributed by atoms with E-state index in [1.807, 2.05) is 72.9 Å². The number of hydrogen-bond acceptors (Lipinski definition) is 3. The molecule has 1 atom stereocenters. The lowest BCUT2D eigenvalue weighted by atomic mass is 10.1. The predicted octanol–water partition coefficient (Wildman–Crippen LogP) is 4.97. The molecular weight excluding hydrogens is 366 g/mol. The number of aromatic nitrogens is 2. The number of pyridine rings is 1. The van der Waals surface area contributed by atoms with Gasteiger partial charge >= 0.3 is 0 Å². The fraction of sp³-hybridized carbons (Fsp3) is 0.300. The average Bonchev–Trinajstić information content (AvgIpc) is 3.38. The van der Waals surface area contributed by atoms with Crippen molar-refractivity contribution in [2.75, 3.05) is 0 Å². The van der Waals surface area contributed by atoms with Gasteiger partial charge in [-0.05, 0) is 49.6 Å². The first-order valence-electron chi connectivity index (χ1n) is 8.70. The molecule has 1 aromatic carbocycles. The van der Waals surface area contributed by atoms with Crippen molar-refractivity contribution in [1.82, 2.24) is 14.9 Å². The number of aryl methyl sites for hydroxylation is 1. The van der Waals surface area contributed by atoms with Crippen molar-refractivity contribution in [3.63, 3.8) is 0 Å². The van der Waals surface area contributed by atoms with Gasteiger partial charge in [-0.1, -0.05) is 23.7 Å². The zero-order chi connectivity index (χ0) is 18.3. The Balaban J connectivity index is 1.49. The first kappa shape index (κ1) is 17.4. The molecule has 4 rings (SSSR count). The monoisotopic (exact) mass is 385 g/mol. The van der Waals surface area contributed by atoms with Crippen LogP contribution in [-0.2, 0) is 7.05 Å². The standard InChI is InChI=1S/C20H20ClN3OS/c1-12(14-4-8-19(22-11-14)26-16-6-7-16)23-20(25)18-9-13-3-5-15(21)10-17(13)24(18)2/h3-5,8-12,16H,6-7H2,1-2H3,(H,23,25). The van der Waals surface area contributed by atoms with Gasteiger partial charge in [0.1, 0.15) is 5.69 Å². The molecular formula is C20H20ClN3OS. The third kappa shape index (κ3) is 3.60. The van der Waals surface area contributed by atoms with Crippen LogP contribution in [0.2, 0.25) is 5.02 Å². The van der Waals surface area contributed by atoms with E-state index >= 15 is 0 Å². The number of benzene rings is 1. The van der Waals surface area contributed by atoms with E-state index in [4.69, 9.17) is 11.6 Å². The maximum absolute atomic E-state index is 12.7.